The SMILES string of the molecule is CC.Nc1c[c-]ccc1C1=Cc2ccccc2CC1.[Cm]. The average Bonchev–Trinajstić information content (AvgIpc) is 2.49. The normalized spacial score (nSPS) is 12.2. The molecule has 0 saturated carbocycles. The molecule has 1 nitrogen and oxygen atoms in total. The largest absolute Gasteiger partial charge is 0.449 e. The van der Waals surface area contributed by atoms with Gasteiger partial charge in [0.05, 0.1) is 0 Å². The summed E-state index contributed by atoms with van der Waals surface area (Å²) in [5.74, 6) is 0. The first-order valence-corrected chi connectivity index (χ1v) is 6.89. The number of rotatable bonds is 1. The van der Waals surface area contributed by atoms with Crippen LogP contribution in [0.2, 0.25) is 0 Å². The number of anilines is 1. The van der Waals surface area contributed by atoms with Gasteiger partial charge < -0.3 is 5.73 Å². The van der Waals surface area contributed by atoms with E-state index in [1.807, 2.05) is 26.0 Å². The summed E-state index contributed by atoms with van der Waals surface area (Å²) >= 11 is 0. The van der Waals surface area contributed by atoms with E-state index in [-0.39, 0.29) is 0 Å². The maximum atomic E-state index is 6.00. The predicted molar refractivity (Wildman–Crippen MR) is 83.7 cm³/mol. The minimum absolute atomic E-state index is 0. The van der Waals surface area contributed by atoms with Crippen molar-refractivity contribution < 1.29 is 0 Å². The van der Waals surface area contributed by atoms with Crippen LogP contribution in [0.4, 0.5) is 5.69 Å². The fourth-order valence-corrected chi connectivity index (χ4v) is 2.38. The van der Waals surface area contributed by atoms with Gasteiger partial charge in [-0.1, -0.05) is 55.4 Å². The summed E-state index contributed by atoms with van der Waals surface area (Å²) in [5.41, 5.74) is 12.0. The number of aryl methyl sites for hydroxylation is 1. The molecule has 0 amide bonds. The van der Waals surface area contributed by atoms with Gasteiger partial charge >= 0.3 is 0 Å². The average molecular weight is 497 g/mol. The van der Waals surface area contributed by atoms with Gasteiger partial charge in [0.1, 0.15) is 0 Å². The molecule has 0 atom stereocenters. The van der Waals surface area contributed by atoms with Crippen LogP contribution in [-0.4, -0.2) is 0 Å². The van der Waals surface area contributed by atoms with Gasteiger partial charge in [-0.3, -0.25) is 0 Å². The molecule has 0 bridgehead atoms. The quantitative estimate of drug-likeness (QED) is 0.453. The monoisotopic (exact) mass is 493 g/mol. The third-order valence-electron chi connectivity index (χ3n) is 3.29. The fraction of sp³-hybridized carbons (Fsp3) is 0.222. The molecule has 0 radical (unpaired) electrons. The number of hydrogen-bond acceptors (Lipinski definition) is 1. The van der Waals surface area contributed by atoms with E-state index in [9.17, 15) is 0 Å². The van der Waals surface area contributed by atoms with E-state index in [4.69, 9.17) is 5.73 Å². The molecule has 0 saturated heterocycles. The third kappa shape index (κ3) is 2.86. The Kier molecular flexibility index (Phi) is 5.11. The van der Waals surface area contributed by atoms with Crippen LogP contribution in [0.3, 0.4) is 0 Å². The van der Waals surface area contributed by atoms with Crippen LogP contribution >= 0.6 is 0 Å². The minimum atomic E-state index is 0. The summed E-state index contributed by atoms with van der Waals surface area (Å²) in [6.45, 7) is 4.00. The molecule has 1 aliphatic rings. The molecule has 20 heavy (non-hydrogen) atoms. The molecule has 1 aliphatic carbocycles. The molecule has 0 heterocycles. The molecular weight excluding hydrogens is 477 g/mol. The van der Waals surface area contributed by atoms with Crippen molar-refractivity contribution in [1.82, 2.24) is 0 Å². The summed E-state index contributed by atoms with van der Waals surface area (Å²) in [6, 6.07) is 17.4. The predicted octanol–water partition coefficient (Wildman–Crippen LogP) is 4.58. The van der Waals surface area contributed by atoms with Crippen molar-refractivity contribution in [1.29, 1.82) is 0 Å². The zero-order chi connectivity index (χ0) is 13.7. The summed E-state index contributed by atoms with van der Waals surface area (Å²) < 4.78 is 0. The maximum absolute atomic E-state index is 6.00. The number of allylic oxidation sites excluding steroid dienone is 1. The van der Waals surface area contributed by atoms with Crippen LogP contribution in [0.5, 0.6) is 0 Å². The van der Waals surface area contributed by atoms with Gasteiger partial charge in [-0.2, -0.15) is 24.3 Å². The first-order chi connectivity index (χ1) is 9.34. The van der Waals surface area contributed by atoms with E-state index in [2.05, 4.69) is 42.5 Å². The summed E-state index contributed by atoms with van der Waals surface area (Å²) in [4.78, 5) is 0. The number of hydrogen-bond donors (Lipinski definition) is 1. The van der Waals surface area contributed by atoms with Gasteiger partial charge in [-0.05, 0) is 24.0 Å². The van der Waals surface area contributed by atoms with Crippen LogP contribution in [0.1, 0.15) is 37.0 Å². The van der Waals surface area contributed by atoms with Crippen molar-refractivity contribution in [2.24, 2.45) is 0 Å². The Balaban J connectivity index is 0.000000639. The minimum Gasteiger partial charge on any atom is -0.449 e. The van der Waals surface area contributed by atoms with Crippen molar-refractivity contribution in [3.63, 3.8) is 0 Å². The molecule has 2 aromatic rings. The third-order valence-corrected chi connectivity index (χ3v) is 3.29. The van der Waals surface area contributed by atoms with E-state index in [0.29, 0.717) is 0 Å². The topological polar surface area (TPSA) is 26.0 Å². The number of benzene rings is 2. The second kappa shape index (κ2) is 6.79. The standard InChI is InChI=1S/C16H14N.C2H6.Cm/c17-16-8-4-3-7-15(16)14-10-9-12-5-1-2-6-13(12)11-14;1-2;/h1-3,5-8,11H,9-10,17H2;1-2H3;/q-1;;. The van der Waals surface area contributed by atoms with Crippen molar-refractivity contribution in [2.45, 2.75) is 26.7 Å². The van der Waals surface area contributed by atoms with E-state index in [1.165, 1.54) is 16.7 Å². The molecule has 106 valence electrons. The molecule has 3 rings (SSSR count). The fourth-order valence-electron chi connectivity index (χ4n) is 2.38. The molecule has 0 aliphatic heterocycles. The Morgan fingerprint density at radius 3 is 2.55 bits per heavy atom. The molecular formula is C18H20CmN-. The van der Waals surface area contributed by atoms with Crippen molar-refractivity contribution >= 4 is 17.3 Å². The molecule has 2 heteroatoms. The summed E-state index contributed by atoms with van der Waals surface area (Å²) in [5, 5.41) is 0. The molecule has 0 fully saturated rings. The second-order valence-corrected chi connectivity index (χ2v) is 4.38. The van der Waals surface area contributed by atoms with Gasteiger partial charge in [0.25, 0.3) is 0 Å². The number of nitrogen functional groups attached to an aromatic ring is 1. The Labute approximate surface area is 115 Å². The van der Waals surface area contributed by atoms with Crippen molar-refractivity contribution in [3.8, 4) is 0 Å². The van der Waals surface area contributed by atoms with Crippen molar-refractivity contribution in [2.75, 3.05) is 5.73 Å². The second-order valence-electron chi connectivity index (χ2n) is 4.38. The first-order valence-electron chi connectivity index (χ1n) is 6.89. The van der Waals surface area contributed by atoms with Gasteiger partial charge in [0, 0.05) is 0 Å². The Hall–Kier alpha value is -3.02. The first kappa shape index (κ1) is 15.0. The maximum Gasteiger partial charge on any atom is 0 e. The van der Waals surface area contributed by atoms with E-state index in [0.717, 1.165) is 24.1 Å². The Morgan fingerprint density at radius 1 is 1.05 bits per heavy atom. The number of nitrogens with two attached hydrogens (primary N) is 1. The molecule has 0 spiro atoms. The van der Waals surface area contributed by atoms with Gasteiger partial charge in [0.15, 0.2) is 0 Å². The smallest absolute Gasteiger partial charge is 0 e. The molecule has 2 N–H and O–H groups in total. The van der Waals surface area contributed by atoms with Gasteiger partial charge in [-0.15, -0.1) is 5.56 Å². The molecule has 0 unspecified atom stereocenters. The van der Waals surface area contributed by atoms with Crippen LogP contribution in [0, 0.1) is 6.07 Å². The Bertz CT molecular complexity index is 587. The zero-order valence-electron chi connectivity index (χ0n) is 12.0. The Morgan fingerprint density at radius 2 is 1.80 bits per heavy atom. The zero-order valence-corrected chi connectivity index (χ0v) is 14.9. The van der Waals surface area contributed by atoms with Crippen LogP contribution in [0.25, 0.3) is 11.6 Å². The summed E-state index contributed by atoms with van der Waals surface area (Å²) in [7, 11) is 0. The van der Waals surface area contributed by atoms with Gasteiger partial charge in [0.2, 0.25) is 0 Å². The van der Waals surface area contributed by atoms with Crippen LogP contribution < -0.4 is 5.73 Å². The van der Waals surface area contributed by atoms with Crippen LogP contribution in [0.15, 0.2) is 42.5 Å². The molecule has 0 aromatic heterocycles. The van der Waals surface area contributed by atoms with E-state index in [1.54, 1.807) is 0 Å². The molecule has 2 aromatic carbocycles. The van der Waals surface area contributed by atoms with Crippen LogP contribution in [-0.2, 0) is 6.42 Å². The van der Waals surface area contributed by atoms with E-state index >= 15 is 0 Å². The van der Waals surface area contributed by atoms with E-state index < -0.39 is 0 Å². The summed E-state index contributed by atoms with van der Waals surface area (Å²) in [6.07, 6.45) is 4.41. The number of fused-ring (bicyclic) bond motifs is 1. The van der Waals surface area contributed by atoms with Gasteiger partial charge in [-0.25, -0.2) is 0 Å². The van der Waals surface area contributed by atoms with Crippen molar-refractivity contribution in [3.05, 3.63) is 65.2 Å².